The molecule has 1 saturated heterocycles. The summed E-state index contributed by atoms with van der Waals surface area (Å²) in [6.07, 6.45) is -1.44. The molecule has 4 atom stereocenters. The highest BCUT2D eigenvalue weighted by Gasteiger charge is 2.44. The Morgan fingerprint density at radius 2 is 1.78 bits per heavy atom. The molecule has 1 fully saturated rings. The Bertz CT molecular complexity index is 447. The van der Waals surface area contributed by atoms with Crippen molar-refractivity contribution in [1.29, 1.82) is 0 Å². The lowest BCUT2D eigenvalue weighted by Gasteiger charge is -2.39. The van der Waals surface area contributed by atoms with Gasteiger partial charge in [0, 0.05) is 27.2 Å². The van der Waals surface area contributed by atoms with Crippen LogP contribution >= 0.6 is 0 Å². The van der Waals surface area contributed by atoms with Gasteiger partial charge in [0.2, 0.25) is 0 Å². The van der Waals surface area contributed by atoms with Crippen molar-refractivity contribution in [1.82, 2.24) is 0 Å². The number of esters is 3. The first kappa shape index (κ1) is 19.1. The maximum Gasteiger partial charge on any atom is 0.303 e. The molecule has 1 rings (SSSR count). The molecule has 0 aromatic rings. The Morgan fingerprint density at radius 3 is 2.30 bits per heavy atom. The molecule has 130 valence electrons. The fourth-order valence-electron chi connectivity index (χ4n) is 2.18. The average molecular weight is 330 g/mol. The van der Waals surface area contributed by atoms with Gasteiger partial charge in [-0.3, -0.25) is 14.4 Å². The van der Waals surface area contributed by atoms with E-state index in [1.54, 1.807) is 6.08 Å². The molecule has 1 heterocycles. The van der Waals surface area contributed by atoms with Gasteiger partial charge in [-0.1, -0.05) is 6.08 Å². The van der Waals surface area contributed by atoms with Crippen LogP contribution in [0.25, 0.3) is 0 Å². The minimum absolute atomic E-state index is 0.154. The van der Waals surface area contributed by atoms with Crippen LogP contribution in [0, 0.1) is 0 Å². The second-order valence-electron chi connectivity index (χ2n) is 4.99. The zero-order chi connectivity index (χ0) is 17.4. The van der Waals surface area contributed by atoms with Crippen LogP contribution in [0.3, 0.4) is 0 Å². The smallest absolute Gasteiger partial charge is 0.303 e. The fourth-order valence-corrected chi connectivity index (χ4v) is 2.18. The molecule has 1 aliphatic heterocycles. The van der Waals surface area contributed by atoms with Gasteiger partial charge in [0.25, 0.3) is 0 Å². The van der Waals surface area contributed by atoms with Crippen molar-refractivity contribution in [3.63, 3.8) is 0 Å². The molecule has 0 saturated carbocycles. The van der Waals surface area contributed by atoms with Gasteiger partial charge in [-0.25, -0.2) is 0 Å². The summed E-state index contributed by atoms with van der Waals surface area (Å²) >= 11 is 0. The van der Waals surface area contributed by atoms with E-state index in [1.165, 1.54) is 20.8 Å². The molecular formula is C15H22O8. The van der Waals surface area contributed by atoms with Crippen LogP contribution in [0.2, 0.25) is 0 Å². The summed E-state index contributed by atoms with van der Waals surface area (Å²) in [6, 6.07) is 0. The third kappa shape index (κ3) is 6.79. The van der Waals surface area contributed by atoms with Gasteiger partial charge in [-0.2, -0.15) is 0 Å². The standard InChI is InChI=1S/C15H22O8/c1-5-6-19-14-7-12(21-10(3)17)15(22-11(4)18)13(23-14)8-20-9(2)16/h5,12-15H,1,6-8H2,2-4H3/t12?,13?,14?,15-/m0/s1. The zero-order valence-electron chi connectivity index (χ0n) is 13.5. The minimum Gasteiger partial charge on any atom is -0.463 e. The monoisotopic (exact) mass is 330 g/mol. The van der Waals surface area contributed by atoms with Gasteiger partial charge < -0.3 is 23.7 Å². The Hall–Kier alpha value is -1.93. The lowest BCUT2D eigenvalue weighted by molar-refractivity contribution is -0.263. The number of hydrogen-bond acceptors (Lipinski definition) is 8. The molecule has 0 aromatic carbocycles. The van der Waals surface area contributed by atoms with Crippen LogP contribution in [0.5, 0.6) is 0 Å². The van der Waals surface area contributed by atoms with Crippen LogP contribution in [0.15, 0.2) is 12.7 Å². The van der Waals surface area contributed by atoms with Gasteiger partial charge in [-0.15, -0.1) is 6.58 Å². The highest BCUT2D eigenvalue weighted by atomic mass is 16.7. The van der Waals surface area contributed by atoms with Crippen molar-refractivity contribution in [3.8, 4) is 0 Å². The predicted octanol–water partition coefficient (Wildman–Crippen LogP) is 0.730. The third-order valence-electron chi connectivity index (χ3n) is 2.95. The van der Waals surface area contributed by atoms with Crippen molar-refractivity contribution >= 4 is 17.9 Å². The molecular weight excluding hydrogens is 308 g/mol. The minimum atomic E-state index is -0.890. The summed E-state index contributed by atoms with van der Waals surface area (Å²) in [5.41, 5.74) is 0. The Balaban J connectivity index is 2.90. The second kappa shape index (κ2) is 9.26. The van der Waals surface area contributed by atoms with E-state index >= 15 is 0 Å². The van der Waals surface area contributed by atoms with Crippen LogP contribution in [0.4, 0.5) is 0 Å². The summed E-state index contributed by atoms with van der Waals surface area (Å²) < 4.78 is 26.4. The maximum absolute atomic E-state index is 11.3. The van der Waals surface area contributed by atoms with Crippen LogP contribution in [0.1, 0.15) is 27.2 Å². The third-order valence-corrected chi connectivity index (χ3v) is 2.95. The molecule has 0 spiro atoms. The number of ether oxygens (including phenoxy) is 5. The van der Waals surface area contributed by atoms with Gasteiger partial charge in [0.05, 0.1) is 6.61 Å². The predicted molar refractivity (Wildman–Crippen MR) is 77.2 cm³/mol. The molecule has 8 nitrogen and oxygen atoms in total. The van der Waals surface area contributed by atoms with Crippen molar-refractivity contribution in [2.24, 2.45) is 0 Å². The second-order valence-corrected chi connectivity index (χ2v) is 4.99. The molecule has 0 N–H and O–H groups in total. The largest absolute Gasteiger partial charge is 0.463 e. The zero-order valence-corrected chi connectivity index (χ0v) is 13.5. The van der Waals surface area contributed by atoms with Gasteiger partial charge in [0.1, 0.15) is 18.8 Å². The average Bonchev–Trinajstić information content (AvgIpc) is 2.44. The first-order valence-corrected chi connectivity index (χ1v) is 7.19. The Labute approximate surface area is 134 Å². The van der Waals surface area contributed by atoms with Crippen molar-refractivity contribution in [3.05, 3.63) is 12.7 Å². The highest BCUT2D eigenvalue weighted by Crippen LogP contribution is 2.27. The number of carbonyl (C=O) groups excluding carboxylic acids is 3. The van der Waals surface area contributed by atoms with Crippen molar-refractivity contribution in [2.75, 3.05) is 13.2 Å². The van der Waals surface area contributed by atoms with Gasteiger partial charge >= 0.3 is 17.9 Å². The Morgan fingerprint density at radius 1 is 1.13 bits per heavy atom. The van der Waals surface area contributed by atoms with Gasteiger partial charge in [0.15, 0.2) is 12.4 Å². The van der Waals surface area contributed by atoms with Crippen molar-refractivity contribution in [2.45, 2.75) is 51.8 Å². The lowest BCUT2D eigenvalue weighted by atomic mass is 10.0. The summed E-state index contributed by atoms with van der Waals surface area (Å²) in [6.45, 7) is 7.35. The first-order chi connectivity index (χ1) is 10.8. The topological polar surface area (TPSA) is 97.4 Å². The van der Waals surface area contributed by atoms with Crippen LogP contribution in [-0.2, 0) is 38.1 Å². The number of rotatable bonds is 7. The first-order valence-electron chi connectivity index (χ1n) is 7.19. The molecule has 0 aliphatic carbocycles. The lowest BCUT2D eigenvalue weighted by Crippen LogP contribution is -2.54. The van der Waals surface area contributed by atoms with E-state index in [1.807, 2.05) is 0 Å². The van der Waals surface area contributed by atoms with E-state index < -0.39 is 42.5 Å². The van der Waals surface area contributed by atoms with E-state index in [2.05, 4.69) is 6.58 Å². The fraction of sp³-hybridized carbons (Fsp3) is 0.667. The van der Waals surface area contributed by atoms with Crippen LogP contribution < -0.4 is 0 Å². The molecule has 0 bridgehead atoms. The molecule has 1 aliphatic rings. The van der Waals surface area contributed by atoms with E-state index in [0.717, 1.165) is 0 Å². The molecule has 8 heteroatoms. The van der Waals surface area contributed by atoms with E-state index in [0.29, 0.717) is 0 Å². The number of hydrogen-bond donors (Lipinski definition) is 0. The molecule has 3 unspecified atom stereocenters. The normalized spacial score (nSPS) is 26.9. The van der Waals surface area contributed by atoms with Crippen LogP contribution in [-0.4, -0.2) is 55.7 Å². The molecule has 23 heavy (non-hydrogen) atoms. The van der Waals surface area contributed by atoms with E-state index in [9.17, 15) is 14.4 Å². The quantitative estimate of drug-likeness (QED) is 0.383. The van der Waals surface area contributed by atoms with E-state index in [-0.39, 0.29) is 19.6 Å². The molecule has 0 amide bonds. The van der Waals surface area contributed by atoms with Crippen molar-refractivity contribution < 1.29 is 38.1 Å². The molecule has 0 aromatic heterocycles. The van der Waals surface area contributed by atoms with E-state index in [4.69, 9.17) is 23.7 Å². The summed E-state index contributed by atoms with van der Waals surface area (Å²) in [5.74, 6) is -1.59. The summed E-state index contributed by atoms with van der Waals surface area (Å²) in [4.78, 5) is 33.6. The number of carbonyl (C=O) groups is 3. The maximum atomic E-state index is 11.3. The summed E-state index contributed by atoms with van der Waals surface area (Å²) in [5, 5.41) is 0. The Kier molecular flexibility index (Phi) is 7.70. The molecule has 0 radical (unpaired) electrons. The SMILES string of the molecule is C=CCOC1CC(OC(C)=O)[C@H](OC(C)=O)C(COC(C)=O)O1. The van der Waals surface area contributed by atoms with Gasteiger partial charge in [-0.05, 0) is 0 Å². The summed E-state index contributed by atoms with van der Waals surface area (Å²) in [7, 11) is 0. The highest BCUT2D eigenvalue weighted by molar-refractivity contribution is 5.67.